The van der Waals surface area contributed by atoms with Crippen LogP contribution < -0.4 is 20.1 Å². The Bertz CT molecular complexity index is 722. The number of nitrogens with one attached hydrogen (secondary N) is 2. The highest BCUT2D eigenvalue weighted by Crippen LogP contribution is 2.23. The number of imide groups is 1. The molecule has 1 aliphatic rings. The molecule has 3 amide bonds. The van der Waals surface area contributed by atoms with Gasteiger partial charge in [-0.05, 0) is 44.2 Å². The molecule has 0 bridgehead atoms. The minimum absolute atomic E-state index is 0.175. The van der Waals surface area contributed by atoms with E-state index in [1.54, 1.807) is 6.07 Å². The SMILES string of the molecule is COc1cc(OC)cc(C(=O)OCC(=O)NC(=O)NCCC2=CCCCC2)c1. The maximum Gasteiger partial charge on any atom is 0.338 e. The first-order valence-electron chi connectivity index (χ1n) is 9.17. The number of benzene rings is 1. The third kappa shape index (κ3) is 6.94. The van der Waals surface area contributed by atoms with Crippen molar-refractivity contribution in [1.82, 2.24) is 10.6 Å². The average Bonchev–Trinajstić information content (AvgIpc) is 2.72. The lowest BCUT2D eigenvalue weighted by molar-refractivity contribution is -0.123. The normalized spacial score (nSPS) is 13.1. The largest absolute Gasteiger partial charge is 0.497 e. The number of allylic oxidation sites excluding steroid dienone is 1. The fourth-order valence-corrected chi connectivity index (χ4v) is 2.81. The van der Waals surface area contributed by atoms with Crippen LogP contribution >= 0.6 is 0 Å². The minimum Gasteiger partial charge on any atom is -0.497 e. The first-order valence-corrected chi connectivity index (χ1v) is 9.17. The Morgan fingerprint density at radius 2 is 1.75 bits per heavy atom. The smallest absolute Gasteiger partial charge is 0.338 e. The molecule has 0 saturated carbocycles. The number of carbonyl (C=O) groups excluding carboxylic acids is 3. The molecule has 0 fully saturated rings. The topological polar surface area (TPSA) is 103 Å². The molecule has 0 heterocycles. The van der Waals surface area contributed by atoms with Crippen LogP contribution in [0.1, 0.15) is 42.5 Å². The summed E-state index contributed by atoms with van der Waals surface area (Å²) in [7, 11) is 2.92. The fourth-order valence-electron chi connectivity index (χ4n) is 2.81. The van der Waals surface area contributed by atoms with E-state index in [0.29, 0.717) is 18.0 Å². The number of ether oxygens (including phenoxy) is 3. The zero-order valence-corrected chi connectivity index (χ0v) is 16.2. The molecule has 1 aromatic rings. The van der Waals surface area contributed by atoms with Gasteiger partial charge in [0.15, 0.2) is 6.61 Å². The fraction of sp³-hybridized carbons (Fsp3) is 0.450. The van der Waals surface area contributed by atoms with Crippen molar-refractivity contribution in [3.05, 3.63) is 35.4 Å². The molecule has 0 spiro atoms. The van der Waals surface area contributed by atoms with Crippen molar-refractivity contribution in [2.24, 2.45) is 0 Å². The molecule has 0 unspecified atom stereocenters. The van der Waals surface area contributed by atoms with E-state index in [0.717, 1.165) is 19.3 Å². The summed E-state index contributed by atoms with van der Waals surface area (Å²) < 4.78 is 15.1. The zero-order valence-electron chi connectivity index (χ0n) is 16.2. The van der Waals surface area contributed by atoms with E-state index in [4.69, 9.17) is 14.2 Å². The lowest BCUT2D eigenvalue weighted by Crippen LogP contribution is -2.41. The molecule has 8 heteroatoms. The van der Waals surface area contributed by atoms with Crippen LogP contribution in [0.4, 0.5) is 4.79 Å². The van der Waals surface area contributed by atoms with Crippen LogP contribution in [0.5, 0.6) is 11.5 Å². The Balaban J connectivity index is 1.73. The highest BCUT2D eigenvalue weighted by atomic mass is 16.5. The van der Waals surface area contributed by atoms with Crippen molar-refractivity contribution < 1.29 is 28.6 Å². The molecule has 28 heavy (non-hydrogen) atoms. The first-order chi connectivity index (χ1) is 13.5. The molecular weight excluding hydrogens is 364 g/mol. The molecule has 8 nitrogen and oxygen atoms in total. The summed E-state index contributed by atoms with van der Waals surface area (Å²) >= 11 is 0. The Morgan fingerprint density at radius 3 is 2.36 bits per heavy atom. The second kappa shape index (κ2) is 11.0. The molecule has 0 atom stereocenters. The predicted octanol–water partition coefficient (Wildman–Crippen LogP) is 2.58. The standard InChI is InChI=1S/C20H26N2O6/c1-26-16-10-15(11-17(12-16)27-2)19(24)28-13-18(23)22-20(25)21-9-8-14-6-4-3-5-7-14/h6,10-12H,3-5,7-9,13H2,1-2H3,(H2,21,22,23,25). The number of esters is 1. The van der Waals surface area contributed by atoms with E-state index >= 15 is 0 Å². The van der Waals surface area contributed by atoms with Gasteiger partial charge in [-0.25, -0.2) is 9.59 Å². The van der Waals surface area contributed by atoms with E-state index in [2.05, 4.69) is 16.7 Å². The van der Waals surface area contributed by atoms with Crippen LogP contribution in [-0.4, -0.2) is 45.3 Å². The van der Waals surface area contributed by atoms with E-state index < -0.39 is 24.5 Å². The molecule has 2 N–H and O–H groups in total. The van der Waals surface area contributed by atoms with Gasteiger partial charge in [0.05, 0.1) is 19.8 Å². The van der Waals surface area contributed by atoms with Gasteiger partial charge in [-0.2, -0.15) is 0 Å². The van der Waals surface area contributed by atoms with E-state index in [1.165, 1.54) is 44.8 Å². The van der Waals surface area contributed by atoms with Gasteiger partial charge >= 0.3 is 12.0 Å². The first kappa shape index (κ1) is 21.3. The van der Waals surface area contributed by atoms with Crippen LogP contribution in [-0.2, 0) is 9.53 Å². The monoisotopic (exact) mass is 390 g/mol. The third-order valence-electron chi connectivity index (χ3n) is 4.29. The molecule has 1 aliphatic carbocycles. The summed E-state index contributed by atoms with van der Waals surface area (Å²) in [5.41, 5.74) is 1.51. The highest BCUT2D eigenvalue weighted by Gasteiger charge is 2.15. The number of rotatable bonds is 8. The molecule has 0 aromatic heterocycles. The number of amides is 3. The van der Waals surface area contributed by atoms with Crippen LogP contribution in [0.25, 0.3) is 0 Å². The highest BCUT2D eigenvalue weighted by molar-refractivity contribution is 5.97. The Kier molecular flexibility index (Phi) is 8.33. The zero-order chi connectivity index (χ0) is 20.4. The van der Waals surface area contributed by atoms with Gasteiger partial charge in [0.1, 0.15) is 11.5 Å². The Morgan fingerprint density at radius 1 is 1.04 bits per heavy atom. The summed E-state index contributed by atoms with van der Waals surface area (Å²) in [6.45, 7) is -0.120. The minimum atomic E-state index is -0.725. The summed E-state index contributed by atoms with van der Waals surface area (Å²) in [6.07, 6.45) is 7.53. The van der Waals surface area contributed by atoms with Crippen molar-refractivity contribution in [2.45, 2.75) is 32.1 Å². The maximum atomic E-state index is 12.1. The van der Waals surface area contributed by atoms with E-state index in [-0.39, 0.29) is 5.56 Å². The molecule has 2 rings (SSSR count). The lowest BCUT2D eigenvalue weighted by atomic mass is 9.97. The van der Waals surface area contributed by atoms with Crippen molar-refractivity contribution in [3.63, 3.8) is 0 Å². The maximum absolute atomic E-state index is 12.1. The number of methoxy groups -OCH3 is 2. The summed E-state index contributed by atoms with van der Waals surface area (Å²) in [5, 5.41) is 4.76. The van der Waals surface area contributed by atoms with Crippen molar-refractivity contribution in [3.8, 4) is 11.5 Å². The second-order valence-electron chi connectivity index (χ2n) is 6.34. The molecule has 0 radical (unpaired) electrons. The van der Waals surface area contributed by atoms with Gasteiger partial charge < -0.3 is 19.5 Å². The van der Waals surface area contributed by atoms with Crippen LogP contribution in [0, 0.1) is 0 Å². The molecular formula is C20H26N2O6. The van der Waals surface area contributed by atoms with Gasteiger partial charge in [0.25, 0.3) is 5.91 Å². The van der Waals surface area contributed by atoms with Gasteiger partial charge in [-0.3, -0.25) is 10.1 Å². The Labute approximate surface area is 164 Å². The number of hydrogen-bond donors (Lipinski definition) is 2. The summed E-state index contributed by atoms with van der Waals surface area (Å²) in [4.78, 5) is 35.6. The van der Waals surface area contributed by atoms with Crippen molar-refractivity contribution >= 4 is 17.9 Å². The van der Waals surface area contributed by atoms with Crippen LogP contribution in [0.15, 0.2) is 29.8 Å². The van der Waals surface area contributed by atoms with Crippen molar-refractivity contribution in [1.29, 1.82) is 0 Å². The van der Waals surface area contributed by atoms with Gasteiger partial charge in [0, 0.05) is 12.6 Å². The molecule has 1 aromatic carbocycles. The van der Waals surface area contributed by atoms with Crippen molar-refractivity contribution in [2.75, 3.05) is 27.4 Å². The lowest BCUT2D eigenvalue weighted by Gasteiger charge is -2.13. The average molecular weight is 390 g/mol. The number of hydrogen-bond acceptors (Lipinski definition) is 6. The summed E-state index contributed by atoms with van der Waals surface area (Å²) in [6, 6.07) is 3.93. The van der Waals surface area contributed by atoms with Gasteiger partial charge in [-0.1, -0.05) is 11.6 Å². The van der Waals surface area contributed by atoms with Gasteiger partial charge in [-0.15, -0.1) is 0 Å². The van der Waals surface area contributed by atoms with Crippen LogP contribution in [0.2, 0.25) is 0 Å². The van der Waals surface area contributed by atoms with E-state index in [9.17, 15) is 14.4 Å². The predicted molar refractivity (Wildman–Crippen MR) is 103 cm³/mol. The van der Waals surface area contributed by atoms with Gasteiger partial charge in [0.2, 0.25) is 0 Å². The molecule has 0 aliphatic heterocycles. The third-order valence-corrected chi connectivity index (χ3v) is 4.29. The quantitative estimate of drug-likeness (QED) is 0.522. The second-order valence-corrected chi connectivity index (χ2v) is 6.34. The Hall–Kier alpha value is -3.03. The summed E-state index contributed by atoms with van der Waals surface area (Å²) in [5.74, 6) is -0.596. The molecule has 152 valence electrons. The number of carbonyl (C=O) groups is 3. The number of urea groups is 1. The van der Waals surface area contributed by atoms with E-state index in [1.807, 2.05) is 0 Å². The molecule has 0 saturated heterocycles. The van der Waals surface area contributed by atoms with Crippen LogP contribution in [0.3, 0.4) is 0 Å².